The van der Waals surface area contributed by atoms with Crippen molar-refractivity contribution in [3.8, 4) is 17.2 Å². The van der Waals surface area contributed by atoms with Crippen LogP contribution in [0.1, 0.15) is 24.2 Å². The third-order valence-electron chi connectivity index (χ3n) is 3.72. The van der Waals surface area contributed by atoms with Crippen LogP contribution < -0.4 is 19.5 Å². The van der Waals surface area contributed by atoms with Crippen LogP contribution in [0.3, 0.4) is 0 Å². The van der Waals surface area contributed by atoms with E-state index >= 15 is 0 Å². The van der Waals surface area contributed by atoms with E-state index in [4.69, 9.17) is 18.9 Å². The summed E-state index contributed by atoms with van der Waals surface area (Å²) in [4.78, 5) is 24.7. The molecule has 0 bridgehead atoms. The average Bonchev–Trinajstić information content (AvgIpc) is 2.68. The molecule has 2 rings (SSSR count). The first kappa shape index (κ1) is 20.1. The number of ether oxygens (including phenoxy) is 4. The van der Waals surface area contributed by atoms with Crippen LogP contribution in [0.15, 0.2) is 42.5 Å². The van der Waals surface area contributed by atoms with Gasteiger partial charge in [0.2, 0.25) is 0 Å². The van der Waals surface area contributed by atoms with Gasteiger partial charge >= 0.3 is 5.97 Å². The van der Waals surface area contributed by atoms with Gasteiger partial charge in [-0.05, 0) is 44.2 Å². The molecule has 2 aromatic rings. The van der Waals surface area contributed by atoms with Gasteiger partial charge in [0.15, 0.2) is 17.6 Å². The molecule has 0 aromatic heterocycles. The van der Waals surface area contributed by atoms with E-state index in [1.165, 1.54) is 27.2 Å². The van der Waals surface area contributed by atoms with Gasteiger partial charge in [-0.25, -0.2) is 4.79 Å². The number of anilines is 1. The van der Waals surface area contributed by atoms with E-state index in [1.807, 2.05) is 6.92 Å². The Morgan fingerprint density at radius 1 is 1.00 bits per heavy atom. The fourth-order valence-electron chi connectivity index (χ4n) is 2.33. The van der Waals surface area contributed by atoms with Gasteiger partial charge < -0.3 is 24.3 Å². The van der Waals surface area contributed by atoms with Crippen LogP contribution in [-0.4, -0.2) is 38.8 Å². The molecular weight excluding hydrogens is 350 g/mol. The molecule has 0 heterocycles. The highest BCUT2D eigenvalue weighted by Crippen LogP contribution is 2.28. The summed E-state index contributed by atoms with van der Waals surface area (Å²) in [5.74, 6) is 0.335. The van der Waals surface area contributed by atoms with Gasteiger partial charge in [0.05, 0.1) is 32.1 Å². The van der Waals surface area contributed by atoms with Crippen LogP contribution in [0.5, 0.6) is 17.2 Å². The summed E-state index contributed by atoms with van der Waals surface area (Å²) < 4.78 is 21.0. The summed E-state index contributed by atoms with van der Waals surface area (Å²) >= 11 is 0. The summed E-state index contributed by atoms with van der Waals surface area (Å²) in [6, 6.07) is 11.7. The molecule has 144 valence electrons. The lowest BCUT2D eigenvalue weighted by molar-refractivity contribution is -0.123. The molecule has 0 spiro atoms. The van der Waals surface area contributed by atoms with Crippen molar-refractivity contribution >= 4 is 17.6 Å². The van der Waals surface area contributed by atoms with E-state index in [0.29, 0.717) is 29.5 Å². The van der Waals surface area contributed by atoms with Crippen molar-refractivity contribution in [2.24, 2.45) is 0 Å². The molecule has 0 fully saturated rings. The van der Waals surface area contributed by atoms with Gasteiger partial charge in [-0.3, -0.25) is 4.79 Å². The Labute approximate surface area is 158 Å². The quantitative estimate of drug-likeness (QED) is 0.715. The second kappa shape index (κ2) is 9.47. The molecule has 0 saturated heterocycles. The van der Waals surface area contributed by atoms with Crippen molar-refractivity contribution in [3.63, 3.8) is 0 Å². The second-order valence-electron chi connectivity index (χ2n) is 5.54. The van der Waals surface area contributed by atoms with Crippen molar-refractivity contribution in [2.75, 3.05) is 26.1 Å². The van der Waals surface area contributed by atoms with E-state index in [2.05, 4.69) is 5.32 Å². The number of amides is 1. The van der Waals surface area contributed by atoms with Crippen LogP contribution in [-0.2, 0) is 9.53 Å². The predicted octanol–water partition coefficient (Wildman–Crippen LogP) is 3.29. The summed E-state index contributed by atoms with van der Waals surface area (Å²) in [5, 5.41) is 2.71. The Balaban J connectivity index is 2.05. The fourth-order valence-corrected chi connectivity index (χ4v) is 2.33. The van der Waals surface area contributed by atoms with Crippen LogP contribution in [0, 0.1) is 0 Å². The molecule has 0 aliphatic heterocycles. The minimum absolute atomic E-state index is 0.252. The molecule has 1 atom stereocenters. The first-order valence-corrected chi connectivity index (χ1v) is 8.45. The van der Waals surface area contributed by atoms with E-state index in [9.17, 15) is 9.59 Å². The maximum Gasteiger partial charge on any atom is 0.339 e. The maximum absolute atomic E-state index is 12.4. The highest BCUT2D eigenvalue weighted by Gasteiger charge is 2.21. The van der Waals surface area contributed by atoms with Crippen LogP contribution in [0.2, 0.25) is 0 Å². The zero-order chi connectivity index (χ0) is 19.8. The molecule has 0 saturated carbocycles. The number of rotatable bonds is 8. The van der Waals surface area contributed by atoms with Gasteiger partial charge in [-0.1, -0.05) is 12.1 Å². The molecule has 7 nitrogen and oxygen atoms in total. The Morgan fingerprint density at radius 2 is 1.70 bits per heavy atom. The summed E-state index contributed by atoms with van der Waals surface area (Å²) in [6.45, 7) is 3.82. The van der Waals surface area contributed by atoms with Crippen molar-refractivity contribution in [2.45, 2.75) is 20.0 Å². The highest BCUT2D eigenvalue weighted by atomic mass is 16.5. The minimum atomic E-state index is -1.000. The molecule has 27 heavy (non-hydrogen) atoms. The maximum atomic E-state index is 12.4. The fraction of sp³-hybridized carbons (Fsp3) is 0.300. The molecule has 1 amide bonds. The van der Waals surface area contributed by atoms with Crippen LogP contribution in [0.25, 0.3) is 0 Å². The van der Waals surface area contributed by atoms with Gasteiger partial charge in [0.1, 0.15) is 5.75 Å². The Morgan fingerprint density at radius 3 is 2.37 bits per heavy atom. The number of esters is 1. The average molecular weight is 373 g/mol. The number of methoxy groups -OCH3 is 2. The van der Waals surface area contributed by atoms with E-state index in [-0.39, 0.29) is 5.56 Å². The zero-order valence-corrected chi connectivity index (χ0v) is 15.8. The second-order valence-corrected chi connectivity index (χ2v) is 5.54. The van der Waals surface area contributed by atoms with E-state index < -0.39 is 18.0 Å². The normalized spacial score (nSPS) is 11.3. The van der Waals surface area contributed by atoms with Crippen molar-refractivity contribution < 1.29 is 28.5 Å². The number of hydrogen-bond donors (Lipinski definition) is 1. The van der Waals surface area contributed by atoms with Gasteiger partial charge in [-0.15, -0.1) is 0 Å². The van der Waals surface area contributed by atoms with Crippen LogP contribution >= 0.6 is 0 Å². The number of nitrogens with one attached hydrogen (secondary N) is 1. The lowest BCUT2D eigenvalue weighted by atomic mass is 10.2. The molecular formula is C20H23NO6. The van der Waals surface area contributed by atoms with Gasteiger partial charge in [-0.2, -0.15) is 0 Å². The summed E-state index contributed by atoms with van der Waals surface area (Å²) in [5.41, 5.74) is 0.764. The highest BCUT2D eigenvalue weighted by molar-refractivity contribution is 5.98. The Bertz CT molecular complexity index is 805. The van der Waals surface area contributed by atoms with Gasteiger partial charge in [0, 0.05) is 0 Å². The number of benzene rings is 2. The lowest BCUT2D eigenvalue weighted by Gasteiger charge is -2.16. The molecule has 0 aliphatic rings. The molecule has 1 N–H and O–H groups in total. The predicted molar refractivity (Wildman–Crippen MR) is 101 cm³/mol. The lowest BCUT2D eigenvalue weighted by Crippen LogP contribution is -2.30. The zero-order valence-electron chi connectivity index (χ0n) is 15.8. The molecule has 0 radical (unpaired) electrons. The topological polar surface area (TPSA) is 83.1 Å². The smallest absolute Gasteiger partial charge is 0.339 e. The Hall–Kier alpha value is -3.22. The number of hydrogen-bond acceptors (Lipinski definition) is 6. The third kappa shape index (κ3) is 5.13. The molecule has 0 unspecified atom stereocenters. The van der Waals surface area contributed by atoms with Crippen molar-refractivity contribution in [1.29, 1.82) is 0 Å². The van der Waals surface area contributed by atoms with Crippen molar-refractivity contribution in [1.82, 2.24) is 0 Å². The number of carbonyl (C=O) groups excluding carboxylic acids is 2. The Kier molecular flexibility index (Phi) is 7.05. The summed E-state index contributed by atoms with van der Waals surface area (Å²) in [6.07, 6.45) is -1.000. The standard InChI is InChI=1S/C20H23NO6/c1-5-26-16-9-7-6-8-15(16)21-19(22)13(2)27-20(23)14-10-11-17(24-3)18(12-14)25-4/h6-13H,5H2,1-4H3,(H,21,22)/t13-/m1/s1. The van der Waals surface area contributed by atoms with Gasteiger partial charge in [0.25, 0.3) is 5.91 Å². The minimum Gasteiger partial charge on any atom is -0.493 e. The molecule has 7 heteroatoms. The first-order valence-electron chi connectivity index (χ1n) is 8.45. The van der Waals surface area contributed by atoms with E-state index in [0.717, 1.165) is 0 Å². The first-order chi connectivity index (χ1) is 13.0. The third-order valence-corrected chi connectivity index (χ3v) is 3.72. The monoisotopic (exact) mass is 373 g/mol. The van der Waals surface area contributed by atoms with Crippen LogP contribution in [0.4, 0.5) is 5.69 Å². The van der Waals surface area contributed by atoms with Crippen molar-refractivity contribution in [3.05, 3.63) is 48.0 Å². The molecule has 0 aliphatic carbocycles. The number of carbonyl (C=O) groups is 2. The largest absolute Gasteiger partial charge is 0.493 e. The van der Waals surface area contributed by atoms with E-state index in [1.54, 1.807) is 36.4 Å². The SMILES string of the molecule is CCOc1ccccc1NC(=O)[C@@H](C)OC(=O)c1ccc(OC)c(OC)c1. The summed E-state index contributed by atoms with van der Waals surface area (Å²) in [7, 11) is 2.97. The number of para-hydroxylation sites is 2. The molecule has 2 aromatic carbocycles.